The maximum absolute atomic E-state index is 12.6. The molecule has 4 fully saturated rings. The molecule has 6 aliphatic rings. The molecule has 9 rings (SSSR count). The van der Waals surface area contributed by atoms with Crippen molar-refractivity contribution >= 4 is 58.0 Å². The minimum atomic E-state index is -0.0730. The van der Waals surface area contributed by atoms with E-state index in [1.807, 2.05) is 18.3 Å². The number of rotatable bonds is 6. The molecule has 5 aliphatic heterocycles. The summed E-state index contributed by atoms with van der Waals surface area (Å²) >= 11 is 6.57. The highest BCUT2D eigenvalue weighted by atomic mass is 35.5. The molecule has 0 radical (unpaired) electrons. The number of benzene rings is 1. The van der Waals surface area contributed by atoms with Crippen molar-refractivity contribution in [2.45, 2.75) is 82.6 Å². The number of aromatic nitrogens is 2. The molecule has 2 aromatic heterocycles. The van der Waals surface area contributed by atoms with Crippen LogP contribution in [0.1, 0.15) is 72.9 Å². The Kier molecular flexibility index (Phi) is 9.91. The van der Waals surface area contributed by atoms with E-state index in [0.29, 0.717) is 16.6 Å². The van der Waals surface area contributed by atoms with Gasteiger partial charge in [0.2, 0.25) is 11.8 Å². The maximum atomic E-state index is 12.6. The van der Waals surface area contributed by atoms with Gasteiger partial charge in [-0.25, -0.2) is 9.97 Å². The van der Waals surface area contributed by atoms with Crippen molar-refractivity contribution < 1.29 is 19.5 Å². The topological polar surface area (TPSA) is 146 Å². The van der Waals surface area contributed by atoms with E-state index < -0.39 is 0 Å². The van der Waals surface area contributed by atoms with Crippen LogP contribution in [0.2, 0.25) is 5.02 Å². The maximum Gasteiger partial charge on any atom is 0.251 e. The Morgan fingerprint density at radius 3 is 1.96 bits per heavy atom. The van der Waals surface area contributed by atoms with E-state index in [4.69, 9.17) is 21.7 Å². The van der Waals surface area contributed by atoms with Crippen molar-refractivity contribution in [3.05, 3.63) is 64.4 Å². The Labute approximate surface area is 308 Å². The SMILES string of the molecule is O=C(NC1CC1)c1ccc(N2CCN(Cc3cnc4c(c3)NC(=O)[C@@H]3CCCCN43)CC2)c(Cl)c1.O=C1Nc2cc(CO)cnc2N2CCCC[C@@H]12. The summed E-state index contributed by atoms with van der Waals surface area (Å²) < 4.78 is 0. The number of hydrogen-bond acceptors (Lipinski definition) is 10. The lowest BCUT2D eigenvalue weighted by Gasteiger charge is -2.40. The number of nitrogens with zero attached hydrogens (tertiary/aromatic N) is 6. The van der Waals surface area contributed by atoms with Crippen LogP contribution in [0, 0.1) is 0 Å². The molecule has 2 atom stereocenters. The molecule has 0 spiro atoms. The molecule has 1 aliphatic carbocycles. The second kappa shape index (κ2) is 14.9. The van der Waals surface area contributed by atoms with E-state index >= 15 is 0 Å². The van der Waals surface area contributed by atoms with Crippen molar-refractivity contribution in [3.8, 4) is 0 Å². The van der Waals surface area contributed by atoms with Gasteiger partial charge in [-0.15, -0.1) is 0 Å². The van der Waals surface area contributed by atoms with Crippen molar-refractivity contribution in [2.24, 2.45) is 0 Å². The van der Waals surface area contributed by atoms with E-state index in [-0.39, 0.29) is 36.4 Å². The van der Waals surface area contributed by atoms with Crippen LogP contribution in [-0.4, -0.2) is 95.1 Å². The van der Waals surface area contributed by atoms with E-state index in [0.717, 1.165) is 137 Å². The fraction of sp³-hybridized carbons (Fsp3) is 0.500. The molecule has 0 unspecified atom stereocenters. The zero-order chi connectivity index (χ0) is 35.8. The molecule has 1 saturated carbocycles. The quantitative estimate of drug-likeness (QED) is 0.292. The molecule has 14 heteroatoms. The first-order valence-electron chi connectivity index (χ1n) is 18.7. The minimum Gasteiger partial charge on any atom is -0.392 e. The van der Waals surface area contributed by atoms with Gasteiger partial charge in [0.1, 0.15) is 12.1 Å². The number of aliphatic hydroxyl groups excluding tert-OH is 1. The highest BCUT2D eigenvalue weighted by molar-refractivity contribution is 6.33. The highest BCUT2D eigenvalue weighted by Crippen LogP contribution is 2.36. The largest absolute Gasteiger partial charge is 0.392 e. The third-order valence-corrected chi connectivity index (χ3v) is 11.2. The van der Waals surface area contributed by atoms with Gasteiger partial charge in [-0.3, -0.25) is 19.3 Å². The lowest BCUT2D eigenvalue weighted by molar-refractivity contribution is -0.118. The summed E-state index contributed by atoms with van der Waals surface area (Å²) in [6.07, 6.45) is 12.0. The lowest BCUT2D eigenvalue weighted by atomic mass is 9.99. The van der Waals surface area contributed by atoms with E-state index in [2.05, 4.69) is 46.6 Å². The number of aliphatic hydroxyl groups is 1. The average Bonchev–Trinajstić information content (AvgIpc) is 3.99. The Morgan fingerprint density at radius 2 is 1.38 bits per heavy atom. The molecule has 1 aromatic carbocycles. The minimum absolute atomic E-state index is 0.0450. The third kappa shape index (κ3) is 7.26. The summed E-state index contributed by atoms with van der Waals surface area (Å²) in [5.41, 5.74) is 4.98. The van der Waals surface area contributed by atoms with E-state index in [1.54, 1.807) is 18.3 Å². The van der Waals surface area contributed by atoms with Crippen molar-refractivity contribution in [3.63, 3.8) is 0 Å². The van der Waals surface area contributed by atoms with Crippen LogP contribution in [0.4, 0.5) is 28.7 Å². The predicted molar refractivity (Wildman–Crippen MR) is 201 cm³/mol. The number of hydrogen-bond donors (Lipinski definition) is 4. The number of pyridine rings is 2. The second-order valence-corrected chi connectivity index (χ2v) is 15.1. The number of nitrogens with one attached hydrogen (secondary N) is 3. The summed E-state index contributed by atoms with van der Waals surface area (Å²) in [4.78, 5) is 54.9. The first kappa shape index (κ1) is 34.6. The van der Waals surface area contributed by atoms with Gasteiger partial charge in [0.05, 0.1) is 28.7 Å². The average molecular weight is 728 g/mol. The molecule has 3 aromatic rings. The molecule has 7 heterocycles. The molecule has 3 amide bonds. The molecule has 4 N–H and O–H groups in total. The van der Waals surface area contributed by atoms with Crippen LogP contribution in [0.15, 0.2) is 42.7 Å². The first-order valence-corrected chi connectivity index (χ1v) is 19.0. The summed E-state index contributed by atoms with van der Waals surface area (Å²) in [5.74, 6) is 1.85. The molecule has 3 saturated heterocycles. The Bertz CT molecular complexity index is 1850. The summed E-state index contributed by atoms with van der Waals surface area (Å²) in [5, 5.41) is 18.7. The summed E-state index contributed by atoms with van der Waals surface area (Å²) in [6.45, 7) is 6.04. The highest BCUT2D eigenvalue weighted by Gasteiger charge is 2.37. The van der Waals surface area contributed by atoms with Crippen LogP contribution in [0.25, 0.3) is 0 Å². The number of carbonyl (C=O) groups excluding carboxylic acids is 3. The van der Waals surface area contributed by atoms with Crippen LogP contribution < -0.4 is 30.7 Å². The Balaban J connectivity index is 0.000000190. The van der Waals surface area contributed by atoms with Crippen LogP contribution >= 0.6 is 11.6 Å². The number of piperazine rings is 1. The predicted octanol–water partition coefficient (Wildman–Crippen LogP) is 4.15. The molecule has 13 nitrogen and oxygen atoms in total. The summed E-state index contributed by atoms with van der Waals surface area (Å²) in [7, 11) is 0. The van der Waals surface area contributed by atoms with Crippen LogP contribution in [0.3, 0.4) is 0 Å². The number of amides is 3. The number of halogens is 1. The fourth-order valence-corrected chi connectivity index (χ4v) is 8.27. The van der Waals surface area contributed by atoms with Gasteiger partial charge in [0.15, 0.2) is 11.6 Å². The van der Waals surface area contributed by atoms with Gasteiger partial charge in [0, 0.05) is 69.8 Å². The fourth-order valence-electron chi connectivity index (χ4n) is 7.97. The molecule has 0 bridgehead atoms. The van der Waals surface area contributed by atoms with Crippen LogP contribution in [0.5, 0.6) is 0 Å². The number of carbonyl (C=O) groups is 3. The molecule has 274 valence electrons. The van der Waals surface area contributed by atoms with Gasteiger partial charge in [-0.05, 0) is 92.8 Å². The van der Waals surface area contributed by atoms with Gasteiger partial charge < -0.3 is 35.8 Å². The monoisotopic (exact) mass is 727 g/mol. The van der Waals surface area contributed by atoms with E-state index in [1.165, 1.54) is 0 Å². The van der Waals surface area contributed by atoms with E-state index in [9.17, 15) is 14.4 Å². The first-order chi connectivity index (χ1) is 25.3. The van der Waals surface area contributed by atoms with Gasteiger partial charge >= 0.3 is 0 Å². The van der Waals surface area contributed by atoms with Crippen molar-refractivity contribution in [1.29, 1.82) is 0 Å². The number of anilines is 5. The van der Waals surface area contributed by atoms with Gasteiger partial charge in [0.25, 0.3) is 5.91 Å². The number of piperidine rings is 2. The van der Waals surface area contributed by atoms with Crippen molar-refractivity contribution in [1.82, 2.24) is 20.2 Å². The zero-order valence-corrected chi connectivity index (χ0v) is 30.1. The third-order valence-electron chi connectivity index (χ3n) is 10.9. The molecular weight excluding hydrogens is 682 g/mol. The second-order valence-electron chi connectivity index (χ2n) is 14.7. The zero-order valence-electron chi connectivity index (χ0n) is 29.3. The molecule has 52 heavy (non-hydrogen) atoms. The molecular formula is C38H46ClN9O4. The Morgan fingerprint density at radius 1 is 0.788 bits per heavy atom. The number of fused-ring (bicyclic) bond motifs is 6. The normalized spacial score (nSPS) is 22.5. The lowest BCUT2D eigenvalue weighted by Crippen LogP contribution is -2.51. The Hall–Kier alpha value is -4.46. The van der Waals surface area contributed by atoms with Crippen molar-refractivity contribution in [2.75, 3.05) is 64.6 Å². The van der Waals surface area contributed by atoms with Gasteiger partial charge in [-0.1, -0.05) is 11.6 Å². The van der Waals surface area contributed by atoms with Crippen LogP contribution in [-0.2, 0) is 22.7 Å². The van der Waals surface area contributed by atoms with Gasteiger partial charge in [-0.2, -0.15) is 0 Å². The standard InChI is InChI=1S/C26H31ClN6O2.C12H15N3O2/c27-20-14-18(25(34)29-19-5-6-19)4-7-22(20)32-11-9-31(10-12-32)16-17-13-21-24(28-15-17)33-8-2-1-3-23(33)26(35)30-21;16-7-8-5-9-11(13-6-8)15-4-2-1-3-10(15)12(17)14-9/h4,7,13-15,19,23H,1-3,5-6,8-12,16H2,(H,29,34)(H,30,35);5-6,10,16H,1-4,7H2,(H,14,17)/t23-;10-/m00/s1. The summed E-state index contributed by atoms with van der Waals surface area (Å²) in [6, 6.07) is 9.68. The smallest absolute Gasteiger partial charge is 0.251 e.